The van der Waals surface area contributed by atoms with Crippen LogP contribution in [0.25, 0.3) is 0 Å². The Morgan fingerprint density at radius 1 is 0.871 bits per heavy atom. The van der Waals surface area contributed by atoms with Crippen molar-refractivity contribution in [2.45, 2.75) is 79.2 Å². The molecule has 0 atom stereocenters. The van der Waals surface area contributed by atoms with Crippen LogP contribution in [0.3, 0.4) is 0 Å². The molecule has 0 aliphatic rings. The molecule has 0 unspecified atom stereocenters. The molecule has 3 nitrogen and oxygen atoms in total. The van der Waals surface area contributed by atoms with Crippen molar-refractivity contribution in [3.63, 3.8) is 0 Å². The third-order valence-corrected chi connectivity index (χ3v) is 25.1. The van der Waals surface area contributed by atoms with E-state index >= 15 is 0 Å². The van der Waals surface area contributed by atoms with Crippen molar-refractivity contribution in [2.75, 3.05) is 0 Å². The number of carbonyl (C=O) groups excluding carboxylic acids is 1. The molecular formula is C25H38HgINO2Sn. The van der Waals surface area contributed by atoms with Gasteiger partial charge in [-0.25, -0.2) is 0 Å². The van der Waals surface area contributed by atoms with Gasteiger partial charge in [0.15, 0.2) is 0 Å². The summed E-state index contributed by atoms with van der Waals surface area (Å²) in [5, 5.41) is 0. The summed E-state index contributed by atoms with van der Waals surface area (Å²) in [6, 6.07) is 15.1. The Hall–Kier alpha value is 0.304. The van der Waals surface area contributed by atoms with E-state index in [1.165, 1.54) is 58.0 Å². The van der Waals surface area contributed by atoms with Crippen LogP contribution in [-0.2, 0) is 39.0 Å². The molecule has 0 saturated heterocycles. The Kier molecular flexibility index (Phi) is 15.9. The van der Waals surface area contributed by atoms with Gasteiger partial charge in [0.25, 0.3) is 0 Å². The maximum absolute atomic E-state index is 13.0. The van der Waals surface area contributed by atoms with Crippen LogP contribution in [0.5, 0.6) is 0 Å². The second-order valence-corrected chi connectivity index (χ2v) is 27.9. The van der Waals surface area contributed by atoms with Crippen molar-refractivity contribution in [3.05, 3.63) is 54.9 Å². The van der Waals surface area contributed by atoms with E-state index < -0.39 is 43.4 Å². The normalized spacial score (nSPS) is 10.8. The fourth-order valence-electron chi connectivity index (χ4n) is 4.06. The zero-order valence-corrected chi connectivity index (χ0v) is 30.1. The van der Waals surface area contributed by atoms with Gasteiger partial charge < -0.3 is 24.0 Å². The Morgan fingerprint density at radius 2 is 1.42 bits per heavy atom. The first-order valence-corrected chi connectivity index (χ1v) is 24.6. The van der Waals surface area contributed by atoms with Crippen LogP contribution in [0, 0.1) is 0 Å². The Bertz CT molecular complexity index is 738. The fourth-order valence-corrected chi connectivity index (χ4v) is 23.2. The molecule has 0 saturated carbocycles. The average Bonchev–Trinajstić information content (AvgIpc) is 2.75. The minimum atomic E-state index is -2.88. The number of benzene rings is 1. The van der Waals surface area contributed by atoms with Gasteiger partial charge in [0.05, 0.1) is 0 Å². The number of halogens is 1. The molecule has 1 aromatic heterocycles. The predicted octanol–water partition coefficient (Wildman–Crippen LogP) is 1.90. The van der Waals surface area contributed by atoms with Gasteiger partial charge in [-0.3, -0.25) is 0 Å². The number of hydrogen-bond acceptors (Lipinski definition) is 2. The van der Waals surface area contributed by atoms with E-state index in [2.05, 4.69) is 74.0 Å². The maximum atomic E-state index is 13.0. The molecule has 0 radical (unpaired) electrons. The van der Waals surface area contributed by atoms with E-state index in [-0.39, 0.29) is 29.9 Å². The van der Waals surface area contributed by atoms with Crippen LogP contribution in [0.4, 0.5) is 0 Å². The molecule has 31 heavy (non-hydrogen) atoms. The van der Waals surface area contributed by atoms with E-state index in [9.17, 15) is 4.79 Å². The van der Waals surface area contributed by atoms with Crippen molar-refractivity contribution in [3.8, 4) is 0 Å². The molecule has 168 valence electrons. The standard InChI is InChI=1S/C7H6NO2.C6H5.3C4H9.Hg.HI.Sn/c9-7(10)6-8-4-2-1-3-5-8;1-2-4-6-5-3-1;3*1-3-4-2;;;/h1-2,4-5H,6H2;1-5H;3*1,3-4H2,2H3;;1H;/q;;;;;;;+1/p-1. The van der Waals surface area contributed by atoms with E-state index in [4.69, 9.17) is 3.07 Å². The maximum Gasteiger partial charge on any atom is -1.00 e. The topological polar surface area (TPSA) is 30.2 Å². The molecule has 0 aliphatic heterocycles. The molecule has 0 amide bonds. The summed E-state index contributed by atoms with van der Waals surface area (Å²) in [6.07, 6.45) is 11.4. The molecule has 0 fully saturated rings. The van der Waals surface area contributed by atoms with E-state index in [0.717, 1.165) is 0 Å². The van der Waals surface area contributed by atoms with E-state index in [1.807, 2.05) is 6.20 Å². The van der Waals surface area contributed by atoms with Gasteiger partial charge in [-0.2, -0.15) is 0 Å². The number of hydrogen-bond donors (Lipinski definition) is 0. The Balaban J connectivity index is 0.00000480. The summed E-state index contributed by atoms with van der Waals surface area (Å²) in [5.74, 6) is 0.00707. The average molecular weight is 831 g/mol. The largest absolute Gasteiger partial charge is 1.00 e. The Labute approximate surface area is 223 Å². The van der Waals surface area contributed by atoms with Crippen LogP contribution in [-0.4, -0.2) is 24.8 Å². The summed E-state index contributed by atoms with van der Waals surface area (Å²) in [7, 11) is 0. The number of nitrogens with zero attached hydrogens (tertiary/aromatic N) is 1. The van der Waals surface area contributed by atoms with Crippen molar-refractivity contribution < 1.29 is 61.0 Å². The first kappa shape index (κ1) is 29.3. The Morgan fingerprint density at radius 3 is 1.97 bits per heavy atom. The van der Waals surface area contributed by atoms with Gasteiger partial charge in [-0.1, -0.05) is 0 Å². The second-order valence-electron chi connectivity index (χ2n) is 8.51. The molecule has 1 aromatic carbocycles. The van der Waals surface area contributed by atoms with Gasteiger partial charge in [0.2, 0.25) is 0 Å². The van der Waals surface area contributed by atoms with Crippen molar-refractivity contribution in [2.24, 2.45) is 0 Å². The third kappa shape index (κ3) is 11.3. The monoisotopic (exact) mass is 833 g/mol. The molecule has 1 heterocycles. The zero-order chi connectivity index (χ0) is 21.7. The summed E-state index contributed by atoms with van der Waals surface area (Å²) >= 11 is -4.23. The van der Waals surface area contributed by atoms with Crippen LogP contribution in [0.2, 0.25) is 13.3 Å². The smallest absolute Gasteiger partial charge is 1.00 e. The van der Waals surface area contributed by atoms with E-state index in [0.29, 0.717) is 6.54 Å². The van der Waals surface area contributed by atoms with Gasteiger partial charge in [-0.05, 0) is 0 Å². The van der Waals surface area contributed by atoms with Gasteiger partial charge in [0, 0.05) is 0 Å². The van der Waals surface area contributed by atoms with Gasteiger partial charge in [-0.15, -0.1) is 0 Å². The molecular weight excluding hydrogens is 792 g/mol. The fraction of sp³-hybridized carbons (Fsp3) is 0.520. The molecule has 6 heteroatoms. The van der Waals surface area contributed by atoms with Crippen LogP contribution in [0.15, 0.2) is 54.9 Å². The summed E-state index contributed by atoms with van der Waals surface area (Å²) in [6.45, 7) is 7.11. The molecule has 0 bridgehead atoms. The minimum Gasteiger partial charge on any atom is -1.00 e. The summed E-state index contributed by atoms with van der Waals surface area (Å²) in [5.41, 5.74) is 0. The van der Waals surface area contributed by atoms with E-state index in [1.54, 1.807) is 0 Å². The molecule has 0 aliphatic carbocycles. The van der Waals surface area contributed by atoms with Crippen molar-refractivity contribution >= 4 is 30.9 Å². The SMILES string of the molecule is CCC[CH2][Sn]([CH2]CCC)([CH2]CCC)[O]C(=O)C[n+]1ccc[c]([Hg][c]2ccccc2)c1.[I-]. The molecule has 2 rings (SSSR count). The van der Waals surface area contributed by atoms with Crippen LogP contribution >= 0.6 is 0 Å². The summed E-state index contributed by atoms with van der Waals surface area (Å²) in [4.78, 5) is 13.0. The first-order valence-electron chi connectivity index (χ1n) is 11.8. The minimum absolute atomic E-state index is 0. The van der Waals surface area contributed by atoms with Gasteiger partial charge >= 0.3 is 202 Å². The van der Waals surface area contributed by atoms with Crippen molar-refractivity contribution in [1.82, 2.24) is 0 Å². The van der Waals surface area contributed by atoms with Gasteiger partial charge in [0.1, 0.15) is 0 Å². The third-order valence-electron chi connectivity index (χ3n) is 5.77. The van der Waals surface area contributed by atoms with Crippen LogP contribution in [0.1, 0.15) is 59.3 Å². The molecule has 0 spiro atoms. The number of pyridine rings is 1. The second kappa shape index (κ2) is 16.8. The zero-order valence-electron chi connectivity index (χ0n) is 19.6. The summed E-state index contributed by atoms with van der Waals surface area (Å²) < 4.78 is 15.1. The number of rotatable bonds is 14. The van der Waals surface area contributed by atoms with Crippen LogP contribution < -0.4 is 34.7 Å². The molecule has 2 aromatic rings. The predicted molar refractivity (Wildman–Crippen MR) is 123 cm³/mol. The first-order chi connectivity index (χ1) is 14.6. The number of carbonyl (C=O) groups is 1. The number of unbranched alkanes of at least 4 members (excludes halogenated alkanes) is 3. The molecule has 0 N–H and O–H groups in total. The van der Waals surface area contributed by atoms with Crippen molar-refractivity contribution in [1.29, 1.82) is 0 Å². The quantitative estimate of drug-likeness (QED) is 0.166. The number of aromatic nitrogens is 1.